The number of hydrogen-bond acceptors (Lipinski definition) is 4. The number of carbonyl (C=O) groups excluding carboxylic acids is 2. The third kappa shape index (κ3) is 3.54. The second-order valence-corrected chi connectivity index (χ2v) is 5.95. The first-order chi connectivity index (χ1) is 9.81. The van der Waals surface area contributed by atoms with Gasteiger partial charge >= 0.3 is 12.1 Å². The Kier molecular flexibility index (Phi) is 4.21. The van der Waals surface area contributed by atoms with Crippen LogP contribution in [0.5, 0.6) is 0 Å². The highest BCUT2D eigenvalue weighted by atomic mass is 16.6. The van der Waals surface area contributed by atoms with Crippen LogP contribution in [-0.4, -0.2) is 30.8 Å². The lowest BCUT2D eigenvalue weighted by atomic mass is 10.1. The summed E-state index contributed by atoms with van der Waals surface area (Å²) in [5.41, 5.74) is 1.61. The van der Waals surface area contributed by atoms with Crippen LogP contribution in [-0.2, 0) is 15.9 Å². The van der Waals surface area contributed by atoms with Gasteiger partial charge < -0.3 is 9.47 Å². The molecule has 0 fully saturated rings. The third-order valence-electron chi connectivity index (χ3n) is 3.14. The molecule has 0 saturated heterocycles. The smallest absolute Gasteiger partial charge is 0.414 e. The molecule has 0 spiro atoms. The van der Waals surface area contributed by atoms with Crippen LogP contribution in [0.2, 0.25) is 0 Å². The zero-order chi connectivity index (χ0) is 15.6. The van der Waals surface area contributed by atoms with E-state index < -0.39 is 5.60 Å². The standard InChI is InChI=1S/C16H21NO4/c1-5-17-13-10-12(14(18)21-16(2,3)4)7-6-11(13)8-9-20-15(17)19/h6-7,10H,5,8-9H2,1-4H3. The van der Waals surface area contributed by atoms with Gasteiger partial charge in [-0.1, -0.05) is 6.07 Å². The number of esters is 1. The predicted molar refractivity (Wildman–Crippen MR) is 79.7 cm³/mol. The van der Waals surface area contributed by atoms with Crippen LogP contribution in [0.25, 0.3) is 0 Å². The number of benzene rings is 1. The van der Waals surface area contributed by atoms with E-state index in [-0.39, 0.29) is 12.1 Å². The molecule has 0 N–H and O–H groups in total. The first-order valence-corrected chi connectivity index (χ1v) is 7.12. The molecule has 0 aromatic heterocycles. The van der Waals surface area contributed by atoms with Crippen LogP contribution in [0, 0.1) is 0 Å². The number of fused-ring (bicyclic) bond motifs is 1. The van der Waals surface area contributed by atoms with Gasteiger partial charge in [0.25, 0.3) is 0 Å². The fraction of sp³-hybridized carbons (Fsp3) is 0.500. The molecular formula is C16H21NO4. The molecule has 0 aliphatic carbocycles. The van der Waals surface area contributed by atoms with Crippen molar-refractivity contribution in [2.75, 3.05) is 18.1 Å². The lowest BCUT2D eigenvalue weighted by molar-refractivity contribution is 0.00695. The summed E-state index contributed by atoms with van der Waals surface area (Å²) in [6.07, 6.45) is 0.268. The van der Waals surface area contributed by atoms with Crippen molar-refractivity contribution in [3.8, 4) is 0 Å². The number of anilines is 1. The van der Waals surface area contributed by atoms with Gasteiger partial charge in [-0.3, -0.25) is 4.90 Å². The van der Waals surface area contributed by atoms with Crippen LogP contribution < -0.4 is 4.90 Å². The Bertz CT molecular complexity index is 560. The molecule has 1 aromatic carbocycles. The van der Waals surface area contributed by atoms with E-state index in [0.717, 1.165) is 11.3 Å². The number of rotatable bonds is 2. The molecule has 1 heterocycles. The lowest BCUT2D eigenvalue weighted by Crippen LogP contribution is -2.30. The van der Waals surface area contributed by atoms with Crippen molar-refractivity contribution in [2.24, 2.45) is 0 Å². The molecule has 0 atom stereocenters. The van der Waals surface area contributed by atoms with Crippen molar-refractivity contribution in [3.05, 3.63) is 29.3 Å². The molecule has 0 saturated carbocycles. The molecule has 0 bridgehead atoms. The summed E-state index contributed by atoms with van der Waals surface area (Å²) < 4.78 is 10.5. The fourth-order valence-electron chi connectivity index (χ4n) is 2.21. The topological polar surface area (TPSA) is 55.8 Å². The Hall–Kier alpha value is -2.04. The van der Waals surface area contributed by atoms with Crippen molar-refractivity contribution >= 4 is 17.7 Å². The van der Waals surface area contributed by atoms with E-state index in [1.54, 1.807) is 12.1 Å². The predicted octanol–water partition coefficient (Wildman–Crippen LogP) is 3.16. The van der Waals surface area contributed by atoms with Gasteiger partial charge in [0.15, 0.2) is 0 Å². The summed E-state index contributed by atoms with van der Waals surface area (Å²) in [5, 5.41) is 0. The van der Waals surface area contributed by atoms with Gasteiger partial charge in [-0.25, -0.2) is 9.59 Å². The van der Waals surface area contributed by atoms with E-state index >= 15 is 0 Å². The molecule has 0 radical (unpaired) electrons. The minimum Gasteiger partial charge on any atom is -0.456 e. The first-order valence-electron chi connectivity index (χ1n) is 7.12. The molecule has 21 heavy (non-hydrogen) atoms. The monoisotopic (exact) mass is 291 g/mol. The van der Waals surface area contributed by atoms with Crippen LogP contribution in [0.1, 0.15) is 43.6 Å². The van der Waals surface area contributed by atoms with E-state index in [2.05, 4.69) is 0 Å². The average Bonchev–Trinajstić information content (AvgIpc) is 2.53. The largest absolute Gasteiger partial charge is 0.456 e. The SMILES string of the molecule is CCN1C(=O)OCCc2ccc(C(=O)OC(C)(C)C)cc21. The molecule has 114 valence electrons. The molecule has 1 aliphatic heterocycles. The Morgan fingerprint density at radius 1 is 1.38 bits per heavy atom. The van der Waals surface area contributed by atoms with E-state index in [0.29, 0.717) is 25.1 Å². The van der Waals surface area contributed by atoms with Gasteiger partial charge in [-0.2, -0.15) is 0 Å². The third-order valence-corrected chi connectivity index (χ3v) is 3.14. The average molecular weight is 291 g/mol. The van der Waals surface area contributed by atoms with Gasteiger partial charge in [0, 0.05) is 13.0 Å². The van der Waals surface area contributed by atoms with Gasteiger partial charge in [0.1, 0.15) is 5.60 Å². The maximum Gasteiger partial charge on any atom is 0.414 e. The van der Waals surface area contributed by atoms with Crippen LogP contribution in [0.3, 0.4) is 0 Å². The van der Waals surface area contributed by atoms with Crippen LogP contribution >= 0.6 is 0 Å². The fourth-order valence-corrected chi connectivity index (χ4v) is 2.21. The summed E-state index contributed by atoms with van der Waals surface area (Å²) in [4.78, 5) is 25.6. The molecule has 5 nitrogen and oxygen atoms in total. The van der Waals surface area contributed by atoms with Crippen molar-refractivity contribution in [3.63, 3.8) is 0 Å². The Morgan fingerprint density at radius 3 is 2.71 bits per heavy atom. The molecule has 5 heteroatoms. The number of carbonyl (C=O) groups is 2. The Morgan fingerprint density at radius 2 is 2.10 bits per heavy atom. The van der Waals surface area contributed by atoms with Gasteiger partial charge in [0.05, 0.1) is 17.9 Å². The number of amides is 1. The molecule has 0 unspecified atom stereocenters. The van der Waals surface area contributed by atoms with Crippen LogP contribution in [0.15, 0.2) is 18.2 Å². The summed E-state index contributed by atoms with van der Waals surface area (Å²) >= 11 is 0. The highest BCUT2D eigenvalue weighted by molar-refractivity contribution is 5.94. The maximum atomic E-state index is 12.2. The molecule has 2 rings (SSSR count). The maximum absolute atomic E-state index is 12.2. The second-order valence-electron chi connectivity index (χ2n) is 5.95. The highest BCUT2D eigenvalue weighted by Gasteiger charge is 2.25. The van der Waals surface area contributed by atoms with Crippen molar-refractivity contribution in [1.82, 2.24) is 0 Å². The zero-order valence-corrected chi connectivity index (χ0v) is 12.9. The van der Waals surface area contributed by atoms with Crippen LogP contribution in [0.4, 0.5) is 10.5 Å². The normalized spacial score (nSPS) is 15.0. The second kappa shape index (κ2) is 5.76. The summed E-state index contributed by atoms with van der Waals surface area (Å²) in [5.74, 6) is -0.390. The summed E-state index contributed by atoms with van der Waals surface area (Å²) in [7, 11) is 0. The van der Waals surface area contributed by atoms with Gasteiger partial charge in [0.2, 0.25) is 0 Å². The van der Waals surface area contributed by atoms with E-state index in [1.807, 2.05) is 33.8 Å². The Labute approximate surface area is 124 Å². The van der Waals surface area contributed by atoms with E-state index in [9.17, 15) is 9.59 Å². The van der Waals surface area contributed by atoms with Crippen molar-refractivity contribution < 1.29 is 19.1 Å². The quantitative estimate of drug-likeness (QED) is 0.785. The van der Waals surface area contributed by atoms with Crippen molar-refractivity contribution in [2.45, 2.75) is 39.7 Å². The number of ether oxygens (including phenoxy) is 2. The van der Waals surface area contributed by atoms with Gasteiger partial charge in [-0.05, 0) is 45.4 Å². The lowest BCUT2D eigenvalue weighted by Gasteiger charge is -2.22. The molecule has 1 amide bonds. The zero-order valence-electron chi connectivity index (χ0n) is 12.9. The summed E-state index contributed by atoms with van der Waals surface area (Å²) in [6, 6.07) is 5.30. The number of hydrogen-bond donors (Lipinski definition) is 0. The summed E-state index contributed by atoms with van der Waals surface area (Å²) in [6.45, 7) is 8.19. The number of nitrogens with zero attached hydrogens (tertiary/aromatic N) is 1. The minimum atomic E-state index is -0.548. The van der Waals surface area contributed by atoms with Gasteiger partial charge in [-0.15, -0.1) is 0 Å². The highest BCUT2D eigenvalue weighted by Crippen LogP contribution is 2.27. The molecule has 1 aromatic rings. The van der Waals surface area contributed by atoms with E-state index in [4.69, 9.17) is 9.47 Å². The minimum absolute atomic E-state index is 0.355. The van der Waals surface area contributed by atoms with E-state index in [1.165, 1.54) is 4.90 Å². The molecular weight excluding hydrogens is 270 g/mol. The Balaban J connectivity index is 2.36. The first kappa shape index (κ1) is 15.4. The van der Waals surface area contributed by atoms with Crippen molar-refractivity contribution in [1.29, 1.82) is 0 Å². The number of cyclic esters (lactones) is 1. The molecule has 1 aliphatic rings.